The SMILES string of the molecule is CC1CI(C#N)C1. The van der Waals surface area contributed by atoms with Crippen LogP contribution in [-0.4, -0.2) is 8.86 Å². The molecule has 1 nitrogen and oxygen atoms in total. The first-order valence-corrected chi connectivity index (χ1v) is 6.47. The van der Waals surface area contributed by atoms with E-state index in [0.29, 0.717) is 0 Å². The van der Waals surface area contributed by atoms with Gasteiger partial charge in [0.15, 0.2) is 0 Å². The van der Waals surface area contributed by atoms with Crippen LogP contribution in [0.1, 0.15) is 6.92 Å². The molecule has 7 heavy (non-hydrogen) atoms. The Bertz CT molecular complexity index is 99.1. The van der Waals surface area contributed by atoms with E-state index in [1.165, 1.54) is 8.86 Å². The van der Waals surface area contributed by atoms with Crippen molar-refractivity contribution in [2.45, 2.75) is 6.92 Å². The molecule has 1 rings (SSSR count). The van der Waals surface area contributed by atoms with E-state index in [1.54, 1.807) is 0 Å². The van der Waals surface area contributed by atoms with E-state index in [2.05, 4.69) is 11.0 Å². The Balaban J connectivity index is 2.21. The van der Waals surface area contributed by atoms with Crippen molar-refractivity contribution in [1.82, 2.24) is 0 Å². The monoisotopic (exact) mass is 209 g/mol. The van der Waals surface area contributed by atoms with Crippen molar-refractivity contribution in [3.63, 3.8) is 0 Å². The van der Waals surface area contributed by atoms with Crippen molar-refractivity contribution in [1.29, 1.82) is 5.26 Å². The molecule has 40 valence electrons. The molecule has 0 aliphatic carbocycles. The van der Waals surface area contributed by atoms with E-state index in [4.69, 9.17) is 5.26 Å². The molecule has 0 aromatic carbocycles. The maximum atomic E-state index is 8.32. The third-order valence-corrected chi connectivity index (χ3v) is 6.83. The normalized spacial score (nSPS) is 26.0. The molecule has 1 fully saturated rings. The first-order valence-electron chi connectivity index (χ1n) is 2.34. The number of hydrogen-bond donors (Lipinski definition) is 0. The third-order valence-electron chi connectivity index (χ3n) is 1.02. The number of alkyl halides is 2. The van der Waals surface area contributed by atoms with Gasteiger partial charge in [0, 0.05) is 0 Å². The van der Waals surface area contributed by atoms with Crippen molar-refractivity contribution in [2.24, 2.45) is 5.92 Å². The summed E-state index contributed by atoms with van der Waals surface area (Å²) in [7, 11) is 0. The van der Waals surface area contributed by atoms with Crippen LogP contribution in [0.25, 0.3) is 0 Å². The van der Waals surface area contributed by atoms with Crippen molar-refractivity contribution >= 4 is 19.8 Å². The Hall–Kier alpha value is 0.220. The van der Waals surface area contributed by atoms with Crippen molar-refractivity contribution in [3.8, 4) is 4.08 Å². The number of rotatable bonds is 0. The number of nitrogens with zero attached hydrogens (tertiary/aromatic N) is 1. The summed E-state index contributed by atoms with van der Waals surface area (Å²) in [6, 6.07) is 0. The van der Waals surface area contributed by atoms with Gasteiger partial charge in [-0.2, -0.15) is 0 Å². The van der Waals surface area contributed by atoms with Gasteiger partial charge in [0.25, 0.3) is 0 Å². The fourth-order valence-corrected chi connectivity index (χ4v) is 4.43. The number of halogens is 1. The average molecular weight is 209 g/mol. The molecule has 1 saturated heterocycles. The Labute approximate surface area is 51.1 Å². The number of hydrogen-bond acceptors (Lipinski definition) is 1. The van der Waals surface area contributed by atoms with Gasteiger partial charge in [-0.3, -0.25) is 0 Å². The van der Waals surface area contributed by atoms with Gasteiger partial charge in [-0.1, -0.05) is 0 Å². The van der Waals surface area contributed by atoms with E-state index in [1.807, 2.05) is 0 Å². The molecule has 0 saturated carbocycles. The standard InChI is InChI=1S/C5H8IN/c1-5-2-6(3-5)4-7/h5H,2-3H2,1H3. The van der Waals surface area contributed by atoms with Gasteiger partial charge < -0.3 is 0 Å². The van der Waals surface area contributed by atoms with Gasteiger partial charge in [0.2, 0.25) is 0 Å². The first-order chi connectivity index (χ1) is 3.33. The van der Waals surface area contributed by atoms with E-state index in [0.717, 1.165) is 5.92 Å². The minimum absolute atomic E-state index is 0.877. The second-order valence-corrected chi connectivity index (χ2v) is 6.80. The third kappa shape index (κ3) is 1.06. The molecule has 0 aromatic heterocycles. The fraction of sp³-hybridized carbons (Fsp3) is 0.800. The van der Waals surface area contributed by atoms with Crippen molar-refractivity contribution in [3.05, 3.63) is 0 Å². The second kappa shape index (κ2) is 1.99. The molecular formula is C5H8IN. The molecule has 1 aliphatic rings. The zero-order chi connectivity index (χ0) is 5.28. The average Bonchev–Trinajstić information content (AvgIpc) is 1.58. The summed E-state index contributed by atoms with van der Waals surface area (Å²) >= 11 is -0.877. The van der Waals surface area contributed by atoms with Gasteiger partial charge in [-0.25, -0.2) is 0 Å². The first kappa shape index (κ1) is 5.36. The molecule has 0 N–H and O–H groups in total. The summed E-state index contributed by atoms with van der Waals surface area (Å²) < 4.78 is 4.97. The predicted molar refractivity (Wildman–Crippen MR) is 38.5 cm³/mol. The summed E-state index contributed by atoms with van der Waals surface area (Å²) in [6.45, 7) is 2.23. The molecule has 0 unspecified atom stereocenters. The van der Waals surface area contributed by atoms with Crippen LogP contribution in [0.4, 0.5) is 0 Å². The van der Waals surface area contributed by atoms with Gasteiger partial charge in [-0.05, 0) is 0 Å². The van der Waals surface area contributed by atoms with Crippen LogP contribution in [0.2, 0.25) is 0 Å². The molecule has 1 aliphatic heterocycles. The summed E-state index contributed by atoms with van der Waals surface area (Å²) in [5, 5.41) is 8.32. The molecule has 0 amide bonds. The van der Waals surface area contributed by atoms with Crippen LogP contribution < -0.4 is 0 Å². The molecule has 2 heteroatoms. The topological polar surface area (TPSA) is 23.8 Å². The predicted octanol–water partition coefficient (Wildman–Crippen LogP) is 1.62. The molecular weight excluding hydrogens is 201 g/mol. The van der Waals surface area contributed by atoms with Gasteiger partial charge >= 0.3 is 50.9 Å². The number of nitriles is 1. The zero-order valence-electron chi connectivity index (χ0n) is 4.32. The van der Waals surface area contributed by atoms with Crippen LogP contribution in [0, 0.1) is 15.3 Å². The molecule has 0 bridgehead atoms. The Morgan fingerprint density at radius 3 is 2.43 bits per heavy atom. The Morgan fingerprint density at radius 2 is 2.29 bits per heavy atom. The van der Waals surface area contributed by atoms with Crippen molar-refractivity contribution < 1.29 is 0 Å². The maximum absolute atomic E-state index is 8.32. The van der Waals surface area contributed by atoms with E-state index < -0.39 is 19.8 Å². The Kier molecular flexibility index (Phi) is 1.53. The van der Waals surface area contributed by atoms with E-state index in [9.17, 15) is 0 Å². The van der Waals surface area contributed by atoms with E-state index in [-0.39, 0.29) is 0 Å². The van der Waals surface area contributed by atoms with E-state index >= 15 is 0 Å². The molecule has 0 radical (unpaired) electrons. The quantitative estimate of drug-likeness (QED) is 0.439. The van der Waals surface area contributed by atoms with Crippen LogP contribution in [0.15, 0.2) is 0 Å². The summed E-state index contributed by atoms with van der Waals surface area (Å²) in [4.78, 5) is 0. The molecule has 0 spiro atoms. The van der Waals surface area contributed by atoms with Gasteiger partial charge in [0.1, 0.15) is 0 Å². The van der Waals surface area contributed by atoms with Crippen LogP contribution in [0.5, 0.6) is 0 Å². The summed E-state index contributed by atoms with van der Waals surface area (Å²) in [5.41, 5.74) is 0. The van der Waals surface area contributed by atoms with Crippen LogP contribution in [-0.2, 0) is 0 Å². The fourth-order valence-electron chi connectivity index (χ4n) is 0.660. The van der Waals surface area contributed by atoms with Gasteiger partial charge in [0.05, 0.1) is 0 Å². The second-order valence-electron chi connectivity index (χ2n) is 1.95. The molecule has 1 heterocycles. The molecule has 0 atom stereocenters. The van der Waals surface area contributed by atoms with Crippen molar-refractivity contribution in [2.75, 3.05) is 8.86 Å². The summed E-state index contributed by atoms with van der Waals surface area (Å²) in [6.07, 6.45) is 0. The van der Waals surface area contributed by atoms with Crippen LogP contribution in [0.3, 0.4) is 0 Å². The zero-order valence-corrected chi connectivity index (χ0v) is 6.47. The minimum atomic E-state index is -0.877. The Morgan fingerprint density at radius 1 is 1.71 bits per heavy atom. The van der Waals surface area contributed by atoms with Gasteiger partial charge in [-0.15, -0.1) is 0 Å². The van der Waals surface area contributed by atoms with Crippen LogP contribution >= 0.6 is 19.8 Å². The summed E-state index contributed by atoms with van der Waals surface area (Å²) in [5.74, 6) is 0.893. The molecule has 0 aromatic rings.